The Morgan fingerprint density at radius 3 is 2.29 bits per heavy atom. The molecule has 1 unspecified atom stereocenters. The zero-order valence-electron chi connectivity index (χ0n) is 11.4. The SMILES string of the molecule is CC(C)CCC(O)c1c(C(C)C)nn(C)c1Cl. The molecule has 0 aliphatic heterocycles. The van der Waals surface area contributed by atoms with E-state index in [1.165, 1.54) is 0 Å². The van der Waals surface area contributed by atoms with E-state index in [4.69, 9.17) is 11.6 Å². The molecule has 1 rings (SSSR count). The molecule has 1 aromatic rings. The summed E-state index contributed by atoms with van der Waals surface area (Å²) in [5.74, 6) is 0.861. The minimum Gasteiger partial charge on any atom is -0.388 e. The minimum absolute atomic E-state index is 0.275. The zero-order valence-corrected chi connectivity index (χ0v) is 12.1. The Morgan fingerprint density at radius 2 is 1.82 bits per heavy atom. The first-order chi connectivity index (χ1) is 7.84. The van der Waals surface area contributed by atoms with Gasteiger partial charge in [0.2, 0.25) is 0 Å². The topological polar surface area (TPSA) is 38.1 Å². The molecule has 17 heavy (non-hydrogen) atoms. The highest BCUT2D eigenvalue weighted by Crippen LogP contribution is 2.33. The van der Waals surface area contributed by atoms with E-state index in [1.54, 1.807) is 4.68 Å². The van der Waals surface area contributed by atoms with Crippen molar-refractivity contribution in [2.45, 2.75) is 52.6 Å². The quantitative estimate of drug-likeness (QED) is 0.875. The van der Waals surface area contributed by atoms with Gasteiger partial charge in [0.05, 0.1) is 11.8 Å². The Hall–Kier alpha value is -0.540. The van der Waals surface area contributed by atoms with E-state index >= 15 is 0 Å². The van der Waals surface area contributed by atoms with Crippen molar-refractivity contribution in [2.75, 3.05) is 0 Å². The number of aromatic nitrogens is 2. The number of halogens is 1. The lowest BCUT2D eigenvalue weighted by atomic mass is 9.97. The molecule has 0 saturated carbocycles. The van der Waals surface area contributed by atoms with Gasteiger partial charge in [0, 0.05) is 12.6 Å². The van der Waals surface area contributed by atoms with Crippen LogP contribution in [0.15, 0.2) is 0 Å². The van der Waals surface area contributed by atoms with Crippen LogP contribution in [0.25, 0.3) is 0 Å². The summed E-state index contributed by atoms with van der Waals surface area (Å²) in [5.41, 5.74) is 1.72. The highest BCUT2D eigenvalue weighted by Gasteiger charge is 2.23. The van der Waals surface area contributed by atoms with Gasteiger partial charge in [-0.2, -0.15) is 5.10 Å². The fourth-order valence-corrected chi connectivity index (χ4v) is 2.17. The second-order valence-corrected chi connectivity index (χ2v) is 5.71. The summed E-state index contributed by atoms with van der Waals surface area (Å²) in [6.07, 6.45) is 1.23. The Balaban J connectivity index is 2.94. The molecule has 0 fully saturated rings. The van der Waals surface area contributed by atoms with Gasteiger partial charge in [-0.25, -0.2) is 0 Å². The molecule has 0 aliphatic carbocycles. The third kappa shape index (κ3) is 3.46. The van der Waals surface area contributed by atoms with Crippen LogP contribution in [0, 0.1) is 5.92 Å². The number of nitrogens with zero attached hydrogens (tertiary/aromatic N) is 2. The second-order valence-electron chi connectivity index (χ2n) is 5.36. The lowest BCUT2D eigenvalue weighted by Crippen LogP contribution is -2.04. The van der Waals surface area contributed by atoms with Crippen molar-refractivity contribution in [1.29, 1.82) is 0 Å². The molecule has 1 atom stereocenters. The van der Waals surface area contributed by atoms with Crippen molar-refractivity contribution in [3.8, 4) is 0 Å². The summed E-state index contributed by atoms with van der Waals surface area (Å²) in [4.78, 5) is 0. The highest BCUT2D eigenvalue weighted by molar-refractivity contribution is 6.30. The van der Waals surface area contributed by atoms with Gasteiger partial charge in [0.15, 0.2) is 0 Å². The number of rotatable bonds is 5. The zero-order chi connectivity index (χ0) is 13.2. The molecule has 0 spiro atoms. The molecule has 4 heteroatoms. The Kier molecular flexibility index (Phi) is 5.02. The van der Waals surface area contributed by atoms with E-state index in [1.807, 2.05) is 7.05 Å². The van der Waals surface area contributed by atoms with E-state index < -0.39 is 6.10 Å². The normalized spacial score (nSPS) is 13.7. The standard InChI is InChI=1S/C13H23ClN2O/c1-8(2)6-7-10(17)11-12(9(3)4)15-16(5)13(11)14/h8-10,17H,6-7H2,1-5H3. The molecular weight excluding hydrogens is 236 g/mol. The Labute approximate surface area is 109 Å². The summed E-state index contributed by atoms with van der Waals surface area (Å²) in [5, 5.41) is 15.2. The summed E-state index contributed by atoms with van der Waals surface area (Å²) < 4.78 is 1.64. The van der Waals surface area contributed by atoms with Gasteiger partial charge in [-0.05, 0) is 24.7 Å². The molecule has 98 valence electrons. The lowest BCUT2D eigenvalue weighted by molar-refractivity contribution is 0.158. The molecule has 0 saturated heterocycles. The maximum atomic E-state index is 10.3. The summed E-state index contributed by atoms with van der Waals surface area (Å²) >= 11 is 6.21. The molecular formula is C13H23ClN2O. The number of aryl methyl sites for hydroxylation is 1. The maximum Gasteiger partial charge on any atom is 0.132 e. The molecule has 1 aromatic heterocycles. The summed E-state index contributed by atoms with van der Waals surface area (Å²) in [6, 6.07) is 0. The third-order valence-corrected chi connectivity index (χ3v) is 3.39. The molecule has 0 bridgehead atoms. The minimum atomic E-state index is -0.504. The number of aliphatic hydroxyl groups excluding tert-OH is 1. The molecule has 1 N–H and O–H groups in total. The number of aliphatic hydroxyl groups is 1. The fraction of sp³-hybridized carbons (Fsp3) is 0.769. The van der Waals surface area contributed by atoms with Crippen LogP contribution in [0.1, 0.15) is 63.8 Å². The van der Waals surface area contributed by atoms with Crippen molar-refractivity contribution in [3.05, 3.63) is 16.4 Å². The smallest absolute Gasteiger partial charge is 0.132 e. The van der Waals surface area contributed by atoms with Gasteiger partial charge < -0.3 is 5.11 Å². The van der Waals surface area contributed by atoms with Gasteiger partial charge in [-0.1, -0.05) is 39.3 Å². The fourth-order valence-electron chi connectivity index (χ4n) is 1.91. The molecule has 0 radical (unpaired) electrons. The second kappa shape index (κ2) is 5.87. The summed E-state index contributed by atoms with van der Waals surface area (Å²) in [7, 11) is 1.81. The van der Waals surface area contributed by atoms with Crippen molar-refractivity contribution in [1.82, 2.24) is 9.78 Å². The number of hydrogen-bond donors (Lipinski definition) is 1. The van der Waals surface area contributed by atoms with Crippen LogP contribution in [0.3, 0.4) is 0 Å². The van der Waals surface area contributed by atoms with E-state index in [9.17, 15) is 5.11 Å². The van der Waals surface area contributed by atoms with Crippen LogP contribution in [-0.2, 0) is 7.05 Å². The van der Waals surface area contributed by atoms with Crippen LogP contribution >= 0.6 is 11.6 Å². The Bertz CT molecular complexity index is 372. The van der Waals surface area contributed by atoms with Gasteiger partial charge in [0.1, 0.15) is 5.15 Å². The summed E-state index contributed by atoms with van der Waals surface area (Å²) in [6.45, 7) is 8.44. The monoisotopic (exact) mass is 258 g/mol. The van der Waals surface area contributed by atoms with Crippen LogP contribution in [0.4, 0.5) is 0 Å². The lowest BCUT2D eigenvalue weighted by Gasteiger charge is -2.14. The first-order valence-electron chi connectivity index (χ1n) is 6.24. The van der Waals surface area contributed by atoms with Gasteiger partial charge >= 0.3 is 0 Å². The predicted molar refractivity (Wildman–Crippen MR) is 71.3 cm³/mol. The van der Waals surface area contributed by atoms with Crippen LogP contribution < -0.4 is 0 Å². The Morgan fingerprint density at radius 1 is 1.24 bits per heavy atom. The third-order valence-electron chi connectivity index (χ3n) is 2.94. The predicted octanol–water partition coefficient (Wildman–Crippen LogP) is 3.67. The molecule has 1 heterocycles. The molecule has 0 amide bonds. The first-order valence-corrected chi connectivity index (χ1v) is 6.62. The number of hydrogen-bond acceptors (Lipinski definition) is 2. The highest BCUT2D eigenvalue weighted by atomic mass is 35.5. The average Bonchev–Trinajstić information content (AvgIpc) is 2.52. The first kappa shape index (κ1) is 14.5. The molecule has 3 nitrogen and oxygen atoms in total. The van der Waals surface area contributed by atoms with Gasteiger partial charge in [-0.15, -0.1) is 0 Å². The molecule has 0 aromatic carbocycles. The van der Waals surface area contributed by atoms with E-state index in [2.05, 4.69) is 32.8 Å². The van der Waals surface area contributed by atoms with Crippen LogP contribution in [-0.4, -0.2) is 14.9 Å². The van der Waals surface area contributed by atoms with Crippen molar-refractivity contribution >= 4 is 11.6 Å². The average molecular weight is 259 g/mol. The van der Waals surface area contributed by atoms with E-state index in [0.29, 0.717) is 11.1 Å². The van der Waals surface area contributed by atoms with Crippen LogP contribution in [0.2, 0.25) is 5.15 Å². The van der Waals surface area contributed by atoms with Gasteiger partial charge in [0.25, 0.3) is 0 Å². The molecule has 0 aliphatic rings. The van der Waals surface area contributed by atoms with E-state index in [0.717, 1.165) is 24.1 Å². The van der Waals surface area contributed by atoms with Crippen molar-refractivity contribution in [3.63, 3.8) is 0 Å². The maximum absolute atomic E-state index is 10.3. The van der Waals surface area contributed by atoms with Gasteiger partial charge in [-0.3, -0.25) is 4.68 Å². The largest absolute Gasteiger partial charge is 0.388 e. The van der Waals surface area contributed by atoms with E-state index in [-0.39, 0.29) is 5.92 Å². The van der Waals surface area contributed by atoms with Crippen LogP contribution in [0.5, 0.6) is 0 Å². The van der Waals surface area contributed by atoms with Crippen molar-refractivity contribution in [2.24, 2.45) is 13.0 Å². The van der Waals surface area contributed by atoms with Crippen molar-refractivity contribution < 1.29 is 5.11 Å².